The molecule has 0 bridgehead atoms. The number of benzene rings is 16. The van der Waals surface area contributed by atoms with Crippen LogP contribution >= 0.6 is 0 Å². The Labute approximate surface area is 781 Å². The van der Waals surface area contributed by atoms with Gasteiger partial charge >= 0.3 is 0 Å². The lowest BCUT2D eigenvalue weighted by atomic mass is 9.98. The quantitative estimate of drug-likeness (QED) is 0.121. The van der Waals surface area contributed by atoms with Gasteiger partial charge in [0.25, 0.3) is 0 Å². The molecule has 12 aromatic heterocycles. The van der Waals surface area contributed by atoms with E-state index in [1.54, 1.807) is 6.20 Å². The van der Waals surface area contributed by atoms with E-state index in [1.165, 1.54) is 109 Å². The van der Waals surface area contributed by atoms with Gasteiger partial charge < -0.3 is 9.13 Å². The number of aromatic nitrogens is 12. The van der Waals surface area contributed by atoms with E-state index in [4.69, 9.17) is 19.9 Å². The second kappa shape index (κ2) is 32.8. The van der Waals surface area contributed by atoms with Crippen molar-refractivity contribution < 1.29 is 0 Å². The van der Waals surface area contributed by atoms with E-state index in [0.717, 1.165) is 135 Å². The molecular formula is C124H80N12. The molecule has 0 radical (unpaired) electrons. The Morgan fingerprint density at radius 3 is 0.765 bits per heavy atom. The van der Waals surface area contributed by atoms with Crippen LogP contribution in [0.3, 0.4) is 0 Å². The molecule has 0 saturated heterocycles. The van der Waals surface area contributed by atoms with Crippen molar-refractivity contribution in [2.24, 2.45) is 0 Å². The minimum Gasteiger partial charge on any atom is -0.309 e. The molecule has 16 aromatic carbocycles. The maximum Gasteiger partial charge on any atom is 0.138 e. The van der Waals surface area contributed by atoms with Crippen LogP contribution in [0.15, 0.2) is 486 Å². The summed E-state index contributed by atoms with van der Waals surface area (Å²) in [6.45, 7) is 0. The van der Waals surface area contributed by atoms with E-state index >= 15 is 0 Å². The van der Waals surface area contributed by atoms with Crippen LogP contribution in [0.4, 0.5) is 0 Å². The Bertz CT molecular complexity index is 8850. The topological polar surface area (TPSA) is 107 Å². The number of hydrogen-bond donors (Lipinski definition) is 0. The highest BCUT2D eigenvalue weighted by Gasteiger charge is 2.26. The molecule has 12 heterocycles. The normalized spacial score (nSPS) is 11.7. The molecule has 0 saturated carbocycles. The van der Waals surface area contributed by atoms with Crippen molar-refractivity contribution in [1.82, 2.24) is 57.3 Å². The Hall–Kier alpha value is -18.5. The first-order chi connectivity index (χ1) is 67.5. The molecule has 0 fully saturated rings. The first-order valence-corrected chi connectivity index (χ1v) is 46.0. The van der Waals surface area contributed by atoms with Gasteiger partial charge in [0.2, 0.25) is 0 Å². The summed E-state index contributed by atoms with van der Waals surface area (Å²) in [5, 5.41) is 16.9. The maximum absolute atomic E-state index is 5.20. The van der Waals surface area contributed by atoms with Crippen molar-refractivity contribution in [2.45, 2.75) is 0 Å². The summed E-state index contributed by atoms with van der Waals surface area (Å²) in [6, 6.07) is 167. The highest BCUT2D eigenvalue weighted by atomic mass is 15.1. The number of fused-ring (bicyclic) bond motifs is 19. The van der Waals surface area contributed by atoms with Gasteiger partial charge in [0.05, 0.1) is 100 Å². The lowest BCUT2D eigenvalue weighted by Crippen LogP contribution is -1.99. The first kappa shape index (κ1) is 78.5. The molecule has 0 N–H and O–H groups in total. The number of hydrogen-bond acceptors (Lipinski definition) is 6. The average molecular weight is 1740 g/mol. The summed E-state index contributed by atoms with van der Waals surface area (Å²) in [5.41, 5.74) is 28.4. The maximum atomic E-state index is 5.20. The molecule has 0 amide bonds. The standard InChI is InChI=1S/C45H29N3.C40H26N4.C39H25N5/c1-2-14-31(15-3-1)40-23-12-26-45(46-40)48-42-25-9-7-21-37(42)39-28-43-38(29-44(39)48)36-20-6-8-24-41(36)47(43)33-18-10-17-32(27-33)35-22-11-16-30-13-4-5-19-34(30)35;1-2-12-27(13-3-1)35-19-11-22-40(42-35)44-37-21-7-5-17-31(37)33-25-38-32(26-39(33)44)30-16-4-6-20-36(30)43(38)29-15-10-14-28(24-29)34-18-8-9-23-41-34;1-2-12-26(13-3-1)31-17-10-21-38(41-31)43-34-19-6-4-14-27(34)29-25-37-30(24-36(29)43)28-15-5-7-20-35(28)44(37)39-22-11-18-33(42-39)32-16-8-9-23-40-32/h1-29H;1-26H;1-25H. The molecule has 0 aliphatic rings. The van der Waals surface area contributed by atoms with Gasteiger partial charge in [0, 0.05) is 111 Å². The fourth-order valence-electron chi connectivity index (χ4n) is 20.6. The molecular weight excluding hydrogens is 1660 g/mol. The zero-order valence-corrected chi connectivity index (χ0v) is 73.6. The molecule has 136 heavy (non-hydrogen) atoms. The minimum atomic E-state index is 0.844. The van der Waals surface area contributed by atoms with Gasteiger partial charge in [0.1, 0.15) is 23.3 Å². The molecule has 28 rings (SSSR count). The summed E-state index contributed by atoms with van der Waals surface area (Å²) in [5.74, 6) is 3.57. The minimum absolute atomic E-state index is 0.844. The molecule has 0 aliphatic carbocycles. The first-order valence-electron chi connectivity index (χ1n) is 46.0. The lowest BCUT2D eigenvalue weighted by molar-refractivity contribution is 1.08. The fourth-order valence-corrected chi connectivity index (χ4v) is 20.6. The van der Waals surface area contributed by atoms with Crippen LogP contribution in [0.1, 0.15) is 0 Å². The van der Waals surface area contributed by atoms with Crippen LogP contribution in [0, 0.1) is 0 Å². The van der Waals surface area contributed by atoms with Crippen molar-refractivity contribution in [1.29, 1.82) is 0 Å². The third kappa shape index (κ3) is 13.4. The Morgan fingerprint density at radius 2 is 0.397 bits per heavy atom. The van der Waals surface area contributed by atoms with Crippen LogP contribution in [-0.4, -0.2) is 57.3 Å². The summed E-state index contributed by atoms with van der Waals surface area (Å²) < 4.78 is 14.0. The zero-order chi connectivity index (χ0) is 89.7. The predicted molar refractivity (Wildman–Crippen MR) is 562 cm³/mol. The highest BCUT2D eigenvalue weighted by molar-refractivity contribution is 6.22. The lowest BCUT2D eigenvalue weighted by Gasteiger charge is -2.12. The van der Waals surface area contributed by atoms with E-state index in [2.05, 4.69) is 456 Å². The van der Waals surface area contributed by atoms with Gasteiger partial charge in [-0.3, -0.25) is 28.2 Å². The van der Waals surface area contributed by atoms with Crippen molar-refractivity contribution in [3.05, 3.63) is 486 Å². The SMILES string of the molecule is c1ccc(-c2cccc(-n3c4ccccc4c4cc5c(cc43)c3ccccc3n5-c3cccc(-c4cccc5ccccc45)c3)n2)cc1.c1ccc(-c2cccc(-n3c4ccccc4c4cc5c(cc43)c3ccccc3n5-c3cccc(-c4ccccn4)c3)n2)cc1.c1ccc(-c2cccc(-n3c4ccccc4c4cc5c(cc43)c3ccccc3n5-c3cccc(-c4ccccn4)n3)n2)cc1. The van der Waals surface area contributed by atoms with Crippen LogP contribution in [0.2, 0.25) is 0 Å². The second-order valence-electron chi connectivity index (χ2n) is 34.5. The van der Waals surface area contributed by atoms with Crippen molar-refractivity contribution in [3.63, 3.8) is 0 Å². The van der Waals surface area contributed by atoms with Crippen molar-refractivity contribution >= 4 is 142 Å². The van der Waals surface area contributed by atoms with E-state index < -0.39 is 0 Å². The van der Waals surface area contributed by atoms with Gasteiger partial charge in [-0.05, 0) is 192 Å². The van der Waals surface area contributed by atoms with E-state index in [0.29, 0.717) is 0 Å². The van der Waals surface area contributed by atoms with E-state index in [9.17, 15) is 0 Å². The van der Waals surface area contributed by atoms with Crippen LogP contribution in [0.5, 0.6) is 0 Å². The molecule has 12 nitrogen and oxygen atoms in total. The third-order valence-electron chi connectivity index (χ3n) is 26.7. The predicted octanol–water partition coefficient (Wildman–Crippen LogP) is 31.2. The highest BCUT2D eigenvalue weighted by Crippen LogP contribution is 2.46. The molecule has 0 spiro atoms. The van der Waals surface area contributed by atoms with Crippen LogP contribution < -0.4 is 0 Å². The number of para-hydroxylation sites is 6. The average Bonchev–Trinajstić information content (AvgIpc) is 1.56. The zero-order valence-electron chi connectivity index (χ0n) is 73.6. The van der Waals surface area contributed by atoms with Gasteiger partial charge in [-0.2, -0.15) is 0 Å². The number of rotatable bonds is 12. The van der Waals surface area contributed by atoms with Crippen LogP contribution in [-0.2, 0) is 0 Å². The number of nitrogens with zero attached hydrogens (tertiary/aromatic N) is 12. The Balaban J connectivity index is 0.000000106. The molecule has 12 heteroatoms. The van der Waals surface area contributed by atoms with Gasteiger partial charge in [-0.25, -0.2) is 19.9 Å². The van der Waals surface area contributed by atoms with Gasteiger partial charge in [0.15, 0.2) is 0 Å². The fraction of sp³-hybridized carbons (Fsp3) is 0. The molecule has 0 atom stereocenters. The summed E-state index contributed by atoms with van der Waals surface area (Å²) >= 11 is 0. The molecule has 636 valence electrons. The molecule has 28 aromatic rings. The second-order valence-corrected chi connectivity index (χ2v) is 34.5. The third-order valence-corrected chi connectivity index (χ3v) is 26.7. The summed E-state index contributed by atoms with van der Waals surface area (Å²) in [6.07, 6.45) is 3.65. The van der Waals surface area contributed by atoms with E-state index in [1.807, 2.05) is 60.8 Å². The van der Waals surface area contributed by atoms with Crippen molar-refractivity contribution in [2.75, 3.05) is 0 Å². The van der Waals surface area contributed by atoms with Gasteiger partial charge in [-0.1, -0.05) is 303 Å². The summed E-state index contributed by atoms with van der Waals surface area (Å²) in [7, 11) is 0. The Morgan fingerprint density at radius 1 is 0.140 bits per heavy atom. The largest absolute Gasteiger partial charge is 0.309 e. The Kier molecular flexibility index (Phi) is 19.0. The smallest absolute Gasteiger partial charge is 0.138 e. The van der Waals surface area contributed by atoms with E-state index in [-0.39, 0.29) is 0 Å². The number of pyridine rings is 6. The molecule has 0 aliphatic heterocycles. The summed E-state index contributed by atoms with van der Waals surface area (Å²) in [4.78, 5) is 29.8. The van der Waals surface area contributed by atoms with Gasteiger partial charge in [-0.15, -0.1) is 0 Å². The van der Waals surface area contributed by atoms with Crippen molar-refractivity contribution in [3.8, 4) is 102 Å². The monoisotopic (exact) mass is 1740 g/mol. The molecule has 0 unspecified atom stereocenters. The van der Waals surface area contributed by atoms with Crippen LogP contribution in [0.25, 0.3) is 244 Å².